The summed E-state index contributed by atoms with van der Waals surface area (Å²) in [5.41, 5.74) is 0. The number of methoxy groups -OCH3 is 1. The highest BCUT2D eigenvalue weighted by Crippen LogP contribution is 2.24. The smallest absolute Gasteiger partial charge is 0.337 e. The predicted octanol–water partition coefficient (Wildman–Crippen LogP) is -1.86. The first-order chi connectivity index (χ1) is 10.2. The number of esters is 1. The van der Waals surface area contributed by atoms with Crippen LogP contribution in [0.4, 0.5) is 0 Å². The van der Waals surface area contributed by atoms with Crippen molar-refractivity contribution in [2.75, 3.05) is 20.3 Å². The second-order valence-corrected chi connectivity index (χ2v) is 5.70. The molecule has 22 heavy (non-hydrogen) atoms. The highest BCUT2D eigenvalue weighted by molar-refractivity contribution is 5.75. The Bertz CT molecular complexity index is 397. The van der Waals surface area contributed by atoms with Gasteiger partial charge in [-0.1, -0.05) is 0 Å². The van der Waals surface area contributed by atoms with Crippen LogP contribution in [0.15, 0.2) is 0 Å². The van der Waals surface area contributed by atoms with Crippen LogP contribution in [0, 0.1) is 0 Å². The molecule has 0 aliphatic carbocycles. The van der Waals surface area contributed by atoms with E-state index in [1.165, 1.54) is 7.11 Å². The summed E-state index contributed by atoms with van der Waals surface area (Å²) in [5, 5.41) is 29.2. The fourth-order valence-corrected chi connectivity index (χ4v) is 2.31. The lowest BCUT2D eigenvalue weighted by Gasteiger charge is -2.39. The van der Waals surface area contributed by atoms with Crippen LogP contribution in [0.3, 0.4) is 0 Å². The van der Waals surface area contributed by atoms with E-state index in [4.69, 9.17) is 23.7 Å². The molecular weight excluding hydrogens is 300 g/mol. The Balaban J connectivity index is 1.86. The van der Waals surface area contributed by atoms with Gasteiger partial charge in [0.05, 0.1) is 6.61 Å². The minimum Gasteiger partial charge on any atom is -0.461 e. The summed E-state index contributed by atoms with van der Waals surface area (Å²) in [5.74, 6) is -1.51. The third kappa shape index (κ3) is 3.74. The first-order valence-electron chi connectivity index (χ1n) is 6.96. The van der Waals surface area contributed by atoms with Crippen molar-refractivity contribution in [1.82, 2.24) is 0 Å². The summed E-state index contributed by atoms with van der Waals surface area (Å²) in [4.78, 5) is 11.9. The topological polar surface area (TPSA) is 124 Å². The Kier molecular flexibility index (Phi) is 5.38. The zero-order valence-electron chi connectivity index (χ0n) is 12.7. The van der Waals surface area contributed by atoms with Gasteiger partial charge in [0.15, 0.2) is 18.2 Å². The summed E-state index contributed by atoms with van der Waals surface area (Å²) in [6.07, 6.45) is -7.27. The number of aliphatic hydroxyl groups is 3. The third-order valence-electron chi connectivity index (χ3n) is 3.56. The summed E-state index contributed by atoms with van der Waals surface area (Å²) in [6.45, 7) is 3.11. The van der Waals surface area contributed by atoms with Crippen molar-refractivity contribution >= 4 is 5.97 Å². The Hall–Kier alpha value is -0.810. The number of hydrogen-bond donors (Lipinski definition) is 3. The molecular formula is C13H22O9. The molecule has 9 heteroatoms. The van der Waals surface area contributed by atoms with Crippen molar-refractivity contribution in [2.45, 2.75) is 56.4 Å². The lowest BCUT2D eigenvalue weighted by Crippen LogP contribution is -2.59. The number of hydrogen-bond acceptors (Lipinski definition) is 9. The molecule has 0 radical (unpaired) electrons. The van der Waals surface area contributed by atoms with Gasteiger partial charge in [-0.2, -0.15) is 0 Å². The monoisotopic (exact) mass is 322 g/mol. The molecule has 2 aliphatic heterocycles. The standard InChI is InChI=1S/C13H22O9/c1-13(2)20-5-7(22-13)11(17)19-4-6-8(14)9(15)10(16)12(18-3)21-6/h6-10,12,14-16H,4-5H2,1-3H3/t6-,7-,8-,9+,10-,12+/m1/s1. The average molecular weight is 322 g/mol. The van der Waals surface area contributed by atoms with E-state index >= 15 is 0 Å². The molecule has 0 aromatic carbocycles. The van der Waals surface area contributed by atoms with Crippen molar-refractivity contribution < 1.29 is 43.8 Å². The minimum atomic E-state index is -1.47. The predicted molar refractivity (Wildman–Crippen MR) is 69.6 cm³/mol. The zero-order chi connectivity index (χ0) is 16.5. The van der Waals surface area contributed by atoms with Gasteiger partial charge < -0.3 is 39.0 Å². The molecule has 0 aromatic rings. The van der Waals surface area contributed by atoms with Crippen LogP contribution in [-0.4, -0.2) is 84.2 Å². The molecule has 2 aliphatic rings. The molecule has 0 amide bonds. The van der Waals surface area contributed by atoms with Crippen LogP contribution in [0.1, 0.15) is 13.8 Å². The van der Waals surface area contributed by atoms with Gasteiger partial charge >= 0.3 is 5.97 Å². The summed E-state index contributed by atoms with van der Waals surface area (Å²) < 4.78 is 25.7. The Morgan fingerprint density at radius 3 is 2.45 bits per heavy atom. The fraction of sp³-hybridized carbons (Fsp3) is 0.923. The van der Waals surface area contributed by atoms with E-state index in [0.29, 0.717) is 0 Å². The third-order valence-corrected chi connectivity index (χ3v) is 3.56. The van der Waals surface area contributed by atoms with Gasteiger partial charge in [-0.25, -0.2) is 4.79 Å². The molecule has 0 unspecified atom stereocenters. The summed E-state index contributed by atoms with van der Waals surface area (Å²) in [6, 6.07) is 0. The Labute approximate surface area is 127 Å². The van der Waals surface area contributed by atoms with Crippen LogP contribution in [-0.2, 0) is 28.5 Å². The second-order valence-electron chi connectivity index (χ2n) is 5.70. The van der Waals surface area contributed by atoms with Crippen molar-refractivity contribution in [3.63, 3.8) is 0 Å². The number of carbonyl (C=O) groups is 1. The van der Waals surface area contributed by atoms with Crippen molar-refractivity contribution in [2.24, 2.45) is 0 Å². The molecule has 3 N–H and O–H groups in total. The molecule has 0 aromatic heterocycles. The number of ether oxygens (including phenoxy) is 5. The van der Waals surface area contributed by atoms with Gasteiger partial charge in [0.1, 0.15) is 31.0 Å². The van der Waals surface area contributed by atoms with Gasteiger partial charge in [-0.15, -0.1) is 0 Å². The van der Waals surface area contributed by atoms with Gasteiger partial charge in [-0.05, 0) is 13.8 Å². The minimum absolute atomic E-state index is 0.0714. The number of aliphatic hydroxyl groups excluding tert-OH is 3. The first-order valence-corrected chi connectivity index (χ1v) is 6.96. The van der Waals surface area contributed by atoms with Gasteiger partial charge in [0.25, 0.3) is 0 Å². The lowest BCUT2D eigenvalue weighted by molar-refractivity contribution is -0.295. The maximum absolute atomic E-state index is 11.9. The van der Waals surface area contributed by atoms with E-state index in [9.17, 15) is 20.1 Å². The van der Waals surface area contributed by atoms with Gasteiger partial charge in [0, 0.05) is 7.11 Å². The molecule has 9 nitrogen and oxygen atoms in total. The Morgan fingerprint density at radius 2 is 1.91 bits per heavy atom. The average Bonchev–Trinajstić information content (AvgIpc) is 2.84. The quantitative estimate of drug-likeness (QED) is 0.511. The first kappa shape index (κ1) is 17.5. The normalized spacial score (nSPS) is 41.4. The SMILES string of the molecule is CO[C@H]1O[C@H](COC(=O)[C@H]2COC(C)(C)O2)[C@@H](O)[C@H](O)[C@H]1O. The van der Waals surface area contributed by atoms with Crippen molar-refractivity contribution in [3.8, 4) is 0 Å². The van der Waals surface area contributed by atoms with E-state index in [2.05, 4.69) is 0 Å². The van der Waals surface area contributed by atoms with Crippen molar-refractivity contribution in [1.29, 1.82) is 0 Å². The number of carbonyl (C=O) groups excluding carboxylic acids is 1. The maximum Gasteiger partial charge on any atom is 0.337 e. The van der Waals surface area contributed by atoms with E-state index in [0.717, 1.165) is 0 Å². The lowest BCUT2D eigenvalue weighted by atomic mass is 9.99. The number of rotatable bonds is 4. The van der Waals surface area contributed by atoms with Crippen LogP contribution in [0.25, 0.3) is 0 Å². The van der Waals surface area contributed by atoms with Crippen molar-refractivity contribution in [3.05, 3.63) is 0 Å². The highest BCUT2D eigenvalue weighted by Gasteiger charge is 2.45. The maximum atomic E-state index is 11.9. The molecule has 2 rings (SSSR count). The van der Waals surface area contributed by atoms with Crippen LogP contribution in [0.5, 0.6) is 0 Å². The van der Waals surface area contributed by atoms with Gasteiger partial charge in [0.2, 0.25) is 0 Å². The fourth-order valence-electron chi connectivity index (χ4n) is 2.31. The molecule has 0 saturated carbocycles. The molecule has 0 spiro atoms. The van der Waals surface area contributed by atoms with Crippen LogP contribution < -0.4 is 0 Å². The molecule has 0 bridgehead atoms. The van der Waals surface area contributed by atoms with E-state index in [-0.39, 0.29) is 13.2 Å². The van der Waals surface area contributed by atoms with E-state index in [1.54, 1.807) is 13.8 Å². The zero-order valence-corrected chi connectivity index (χ0v) is 12.7. The van der Waals surface area contributed by atoms with Crippen LogP contribution in [0.2, 0.25) is 0 Å². The largest absolute Gasteiger partial charge is 0.461 e. The van der Waals surface area contributed by atoms with E-state index in [1.807, 2.05) is 0 Å². The second kappa shape index (κ2) is 6.75. The summed E-state index contributed by atoms with van der Waals surface area (Å²) in [7, 11) is 1.28. The molecule has 2 heterocycles. The summed E-state index contributed by atoms with van der Waals surface area (Å²) >= 11 is 0. The van der Waals surface area contributed by atoms with Gasteiger partial charge in [-0.3, -0.25) is 0 Å². The molecule has 2 fully saturated rings. The molecule has 128 valence electrons. The molecule has 2 saturated heterocycles. The highest BCUT2D eigenvalue weighted by atomic mass is 16.8. The Morgan fingerprint density at radius 1 is 1.23 bits per heavy atom. The van der Waals surface area contributed by atoms with E-state index < -0.39 is 48.6 Å². The van der Waals surface area contributed by atoms with Crippen LogP contribution >= 0.6 is 0 Å². The molecule has 6 atom stereocenters.